The van der Waals surface area contributed by atoms with Gasteiger partial charge in [0.15, 0.2) is 0 Å². The Kier molecular flexibility index (Phi) is 3.72. The van der Waals surface area contributed by atoms with Gasteiger partial charge in [-0.3, -0.25) is 0 Å². The molecule has 0 unspecified atom stereocenters. The van der Waals surface area contributed by atoms with Crippen LogP contribution in [0.5, 0.6) is 0 Å². The van der Waals surface area contributed by atoms with Crippen LogP contribution in [0.4, 0.5) is 4.39 Å². The molecule has 0 aromatic heterocycles. The summed E-state index contributed by atoms with van der Waals surface area (Å²) in [6, 6.07) is 34.3. The van der Waals surface area contributed by atoms with Gasteiger partial charge in [-0.15, -0.1) is 0 Å². The Morgan fingerprint density at radius 3 is 1.19 bits per heavy atom. The third kappa shape index (κ3) is 2.60. The molecule has 5 rings (SSSR count). The lowest BCUT2D eigenvalue weighted by atomic mass is 9.86. The van der Waals surface area contributed by atoms with Gasteiger partial charge in [0.25, 0.3) is 0 Å². The van der Waals surface area contributed by atoms with Crippen molar-refractivity contribution < 1.29 is 4.39 Å². The maximum absolute atomic E-state index is 13.5. The first-order valence-corrected chi connectivity index (χ1v) is 9.08. The molecule has 1 heteroatoms. The maximum Gasteiger partial charge on any atom is 0.123 e. The van der Waals surface area contributed by atoms with E-state index in [1.54, 1.807) is 0 Å². The molecule has 0 saturated carbocycles. The third-order valence-electron chi connectivity index (χ3n) is 5.13. The molecule has 5 aromatic rings. The van der Waals surface area contributed by atoms with E-state index in [4.69, 9.17) is 0 Å². The van der Waals surface area contributed by atoms with Crippen LogP contribution in [0.3, 0.4) is 0 Å². The van der Waals surface area contributed by atoms with Crippen molar-refractivity contribution in [1.29, 1.82) is 0 Å². The number of benzene rings is 5. The summed E-state index contributed by atoms with van der Waals surface area (Å²) in [6.45, 7) is 0. The summed E-state index contributed by atoms with van der Waals surface area (Å²) in [5.41, 5.74) is 4.63. The van der Waals surface area contributed by atoms with Crippen molar-refractivity contribution in [2.45, 2.75) is 0 Å². The van der Waals surface area contributed by atoms with Gasteiger partial charge in [-0.25, -0.2) is 4.39 Å². The first kappa shape index (κ1) is 15.8. The lowest BCUT2D eigenvalue weighted by Gasteiger charge is -2.17. The van der Waals surface area contributed by atoms with Crippen LogP contribution in [-0.4, -0.2) is 0 Å². The number of rotatable bonds is 2. The summed E-state index contributed by atoms with van der Waals surface area (Å²) in [7, 11) is 0. The fourth-order valence-corrected chi connectivity index (χ4v) is 3.97. The van der Waals surface area contributed by atoms with E-state index in [9.17, 15) is 4.39 Å². The van der Waals surface area contributed by atoms with E-state index < -0.39 is 0 Å². The molecule has 0 fully saturated rings. The predicted octanol–water partition coefficient (Wildman–Crippen LogP) is 7.47. The second-order valence-corrected chi connectivity index (χ2v) is 6.71. The van der Waals surface area contributed by atoms with E-state index in [2.05, 4.69) is 72.8 Å². The van der Waals surface area contributed by atoms with Gasteiger partial charge in [-0.2, -0.15) is 0 Å². The second-order valence-electron chi connectivity index (χ2n) is 6.71. The molecule has 0 nitrogen and oxygen atoms in total. The van der Waals surface area contributed by atoms with Crippen LogP contribution in [0.25, 0.3) is 43.8 Å². The van der Waals surface area contributed by atoms with Crippen molar-refractivity contribution in [3.05, 3.63) is 109 Å². The van der Waals surface area contributed by atoms with Crippen LogP contribution in [-0.2, 0) is 0 Å². The molecule has 0 N–H and O–H groups in total. The highest BCUT2D eigenvalue weighted by atomic mass is 19.1. The fraction of sp³-hybridized carbons (Fsp3) is 0. The van der Waals surface area contributed by atoms with Gasteiger partial charge in [0.2, 0.25) is 0 Å². The lowest BCUT2D eigenvalue weighted by molar-refractivity contribution is 0.628. The summed E-state index contributed by atoms with van der Waals surface area (Å²) in [4.78, 5) is 0. The molecular weight excluding hydrogens is 331 g/mol. The van der Waals surface area contributed by atoms with Crippen LogP contribution in [0.1, 0.15) is 0 Å². The minimum absolute atomic E-state index is 0.215. The molecule has 27 heavy (non-hydrogen) atoms. The first-order chi connectivity index (χ1) is 13.3. The van der Waals surface area contributed by atoms with Gasteiger partial charge in [0.05, 0.1) is 0 Å². The zero-order chi connectivity index (χ0) is 18.2. The predicted molar refractivity (Wildman–Crippen MR) is 112 cm³/mol. The Morgan fingerprint density at radius 1 is 0.370 bits per heavy atom. The average Bonchev–Trinajstić information content (AvgIpc) is 2.73. The molecule has 5 aromatic carbocycles. The maximum atomic E-state index is 13.5. The molecule has 0 amide bonds. The van der Waals surface area contributed by atoms with Gasteiger partial charge in [0.1, 0.15) is 5.82 Å². The number of halogens is 1. The smallest absolute Gasteiger partial charge is 0.123 e. The van der Waals surface area contributed by atoms with Gasteiger partial charge in [-0.1, -0.05) is 91.0 Å². The Balaban J connectivity index is 1.99. The van der Waals surface area contributed by atoms with Crippen molar-refractivity contribution in [3.63, 3.8) is 0 Å². The Labute approximate surface area is 157 Å². The van der Waals surface area contributed by atoms with E-state index in [1.807, 2.05) is 18.2 Å². The molecular formula is C26H17F. The highest BCUT2D eigenvalue weighted by Gasteiger charge is 2.15. The van der Waals surface area contributed by atoms with Crippen LogP contribution in [0.15, 0.2) is 103 Å². The molecule has 0 bridgehead atoms. The molecule has 0 aliphatic carbocycles. The Morgan fingerprint density at radius 2 is 0.741 bits per heavy atom. The summed E-state index contributed by atoms with van der Waals surface area (Å²) < 4.78 is 13.5. The van der Waals surface area contributed by atoms with Crippen LogP contribution in [0, 0.1) is 5.82 Å². The second kappa shape index (κ2) is 6.37. The van der Waals surface area contributed by atoms with Gasteiger partial charge in [0, 0.05) is 0 Å². The molecule has 0 aliphatic heterocycles. The van der Waals surface area contributed by atoms with Gasteiger partial charge < -0.3 is 0 Å². The lowest BCUT2D eigenvalue weighted by Crippen LogP contribution is -1.90. The summed E-state index contributed by atoms with van der Waals surface area (Å²) >= 11 is 0. The summed E-state index contributed by atoms with van der Waals surface area (Å²) in [5.74, 6) is -0.215. The quantitative estimate of drug-likeness (QED) is 0.290. The zero-order valence-electron chi connectivity index (χ0n) is 14.7. The summed E-state index contributed by atoms with van der Waals surface area (Å²) in [6.07, 6.45) is 0. The summed E-state index contributed by atoms with van der Waals surface area (Å²) in [5, 5.41) is 4.78. The molecule has 128 valence electrons. The van der Waals surface area contributed by atoms with Crippen LogP contribution < -0.4 is 0 Å². The van der Waals surface area contributed by atoms with Crippen molar-refractivity contribution >= 4 is 21.5 Å². The van der Waals surface area contributed by atoms with Crippen molar-refractivity contribution in [2.75, 3.05) is 0 Å². The monoisotopic (exact) mass is 348 g/mol. The van der Waals surface area contributed by atoms with Crippen LogP contribution in [0.2, 0.25) is 0 Å². The molecule has 0 spiro atoms. The number of hydrogen-bond acceptors (Lipinski definition) is 0. The Hall–Kier alpha value is -3.45. The SMILES string of the molecule is Fc1ccc(-c2c3ccccc3c(-c3ccccc3)c3ccccc23)cc1. The van der Waals surface area contributed by atoms with E-state index in [1.165, 1.54) is 44.8 Å². The standard InChI is InChI=1S/C26H17F/c27-20-16-14-19(15-17-20)26-23-12-6-4-10-21(23)25(18-8-2-1-3-9-18)22-11-5-7-13-24(22)26/h1-17H. The van der Waals surface area contributed by atoms with Gasteiger partial charge >= 0.3 is 0 Å². The normalized spacial score (nSPS) is 11.1. The Bertz CT molecular complexity index is 1200. The van der Waals surface area contributed by atoms with Crippen molar-refractivity contribution in [1.82, 2.24) is 0 Å². The fourth-order valence-electron chi connectivity index (χ4n) is 3.97. The van der Waals surface area contributed by atoms with E-state index >= 15 is 0 Å². The van der Waals surface area contributed by atoms with E-state index in [0.717, 1.165) is 11.1 Å². The van der Waals surface area contributed by atoms with E-state index in [0.29, 0.717) is 0 Å². The zero-order valence-corrected chi connectivity index (χ0v) is 14.7. The van der Waals surface area contributed by atoms with Crippen molar-refractivity contribution in [3.8, 4) is 22.3 Å². The molecule has 0 aliphatic rings. The first-order valence-electron chi connectivity index (χ1n) is 9.08. The third-order valence-corrected chi connectivity index (χ3v) is 5.13. The molecule has 0 radical (unpaired) electrons. The number of fused-ring (bicyclic) bond motifs is 2. The van der Waals surface area contributed by atoms with Crippen molar-refractivity contribution in [2.24, 2.45) is 0 Å². The minimum atomic E-state index is -0.215. The highest BCUT2D eigenvalue weighted by molar-refractivity contribution is 6.21. The van der Waals surface area contributed by atoms with E-state index in [-0.39, 0.29) is 5.82 Å². The topological polar surface area (TPSA) is 0 Å². The van der Waals surface area contributed by atoms with Gasteiger partial charge in [-0.05, 0) is 55.9 Å². The molecule has 0 atom stereocenters. The average molecular weight is 348 g/mol. The highest BCUT2D eigenvalue weighted by Crippen LogP contribution is 2.43. The van der Waals surface area contributed by atoms with Crippen LogP contribution >= 0.6 is 0 Å². The molecule has 0 heterocycles. The number of hydrogen-bond donors (Lipinski definition) is 0. The molecule has 0 saturated heterocycles. The largest absolute Gasteiger partial charge is 0.207 e. The minimum Gasteiger partial charge on any atom is -0.207 e.